The van der Waals surface area contributed by atoms with E-state index in [2.05, 4.69) is 5.32 Å². The summed E-state index contributed by atoms with van der Waals surface area (Å²) in [4.78, 5) is 14.4. The van der Waals surface area contributed by atoms with Gasteiger partial charge in [0.15, 0.2) is 14.6 Å². The van der Waals surface area contributed by atoms with Crippen LogP contribution in [-0.2, 0) is 21.1 Å². The summed E-state index contributed by atoms with van der Waals surface area (Å²) in [6, 6.07) is 9.89. The van der Waals surface area contributed by atoms with Crippen LogP contribution in [0.1, 0.15) is 18.4 Å². The molecule has 7 heteroatoms. The molecule has 0 radical (unpaired) electrons. The maximum absolute atomic E-state index is 12.8. The minimum absolute atomic E-state index is 0. The number of carbonyl (C=O) groups is 1. The number of nitrogens with zero attached hydrogens (tertiary/aromatic N) is 1. The Morgan fingerprint density at radius 2 is 1.78 bits per heavy atom. The van der Waals surface area contributed by atoms with Crippen molar-refractivity contribution in [3.63, 3.8) is 0 Å². The molecule has 1 aromatic rings. The van der Waals surface area contributed by atoms with Gasteiger partial charge in [-0.25, -0.2) is 8.42 Å². The topological polar surface area (TPSA) is 66.5 Å². The highest BCUT2D eigenvalue weighted by Crippen LogP contribution is 2.29. The number of halogens is 1. The molecule has 1 aliphatic rings. The zero-order valence-corrected chi connectivity index (χ0v) is 15.3. The molecule has 0 aromatic heterocycles. The van der Waals surface area contributed by atoms with Crippen molar-refractivity contribution in [2.45, 2.75) is 24.0 Å². The molecule has 2 rings (SSSR count). The van der Waals surface area contributed by atoms with Gasteiger partial charge in [0.05, 0.1) is 0 Å². The van der Waals surface area contributed by atoms with E-state index in [4.69, 9.17) is 0 Å². The Balaban J connectivity index is 0.00000264. The second-order valence-corrected chi connectivity index (χ2v) is 8.30. The normalized spacial score (nSPS) is 17.1. The monoisotopic (exact) mass is 360 g/mol. The first-order chi connectivity index (χ1) is 10.4. The second kappa shape index (κ2) is 8.13. The maximum atomic E-state index is 12.8. The van der Waals surface area contributed by atoms with Crippen LogP contribution >= 0.6 is 12.4 Å². The molecule has 1 aromatic carbocycles. The van der Waals surface area contributed by atoms with Gasteiger partial charge in [0, 0.05) is 19.8 Å². The molecule has 0 atom stereocenters. The fourth-order valence-electron chi connectivity index (χ4n) is 2.96. The molecule has 0 saturated carbocycles. The maximum Gasteiger partial charge on any atom is 0.243 e. The van der Waals surface area contributed by atoms with Gasteiger partial charge in [-0.05, 0) is 37.9 Å². The number of hydrogen-bond donors (Lipinski definition) is 1. The number of carbonyl (C=O) groups excluding carboxylic acids is 1. The molecular weight excluding hydrogens is 336 g/mol. The third-order valence-corrected chi connectivity index (χ3v) is 6.44. The van der Waals surface area contributed by atoms with Crippen LogP contribution in [0.3, 0.4) is 0 Å². The number of nitrogens with one attached hydrogen (secondary N) is 1. The van der Waals surface area contributed by atoms with Crippen LogP contribution in [0.2, 0.25) is 0 Å². The molecule has 1 heterocycles. The highest BCUT2D eigenvalue weighted by atomic mass is 35.5. The zero-order valence-electron chi connectivity index (χ0n) is 13.6. The van der Waals surface area contributed by atoms with Crippen molar-refractivity contribution in [1.29, 1.82) is 0 Å². The minimum atomic E-state index is -3.45. The van der Waals surface area contributed by atoms with Crippen molar-refractivity contribution < 1.29 is 13.2 Å². The summed E-state index contributed by atoms with van der Waals surface area (Å²) in [7, 11) is -1.75. The zero-order chi connectivity index (χ0) is 16.2. The summed E-state index contributed by atoms with van der Waals surface area (Å²) in [5.74, 6) is -0.271. The van der Waals surface area contributed by atoms with Crippen molar-refractivity contribution in [2.24, 2.45) is 0 Å². The van der Waals surface area contributed by atoms with E-state index in [0.29, 0.717) is 32.5 Å². The summed E-state index contributed by atoms with van der Waals surface area (Å²) in [6.07, 6.45) is 2.60. The molecule has 0 unspecified atom stereocenters. The molecule has 23 heavy (non-hydrogen) atoms. The number of rotatable bonds is 5. The van der Waals surface area contributed by atoms with E-state index in [1.54, 1.807) is 11.9 Å². The van der Waals surface area contributed by atoms with Gasteiger partial charge < -0.3 is 10.2 Å². The van der Waals surface area contributed by atoms with E-state index in [-0.39, 0.29) is 18.3 Å². The lowest BCUT2D eigenvalue weighted by molar-refractivity contribution is -0.133. The third kappa shape index (κ3) is 4.46. The SMILES string of the molecule is CN(CCc1ccccc1)C(=O)C1(S(C)(=O)=O)CCNCC1.Cl. The minimum Gasteiger partial charge on any atom is -0.344 e. The molecular formula is C16H25ClN2O3S. The Hall–Kier alpha value is -1.11. The van der Waals surface area contributed by atoms with E-state index in [1.165, 1.54) is 6.26 Å². The first-order valence-electron chi connectivity index (χ1n) is 7.57. The number of benzene rings is 1. The van der Waals surface area contributed by atoms with Crippen LogP contribution in [0.15, 0.2) is 30.3 Å². The van der Waals surface area contributed by atoms with Crippen LogP contribution in [-0.4, -0.2) is 56.9 Å². The van der Waals surface area contributed by atoms with Crippen molar-refractivity contribution in [1.82, 2.24) is 10.2 Å². The molecule has 1 saturated heterocycles. The van der Waals surface area contributed by atoms with Gasteiger partial charge in [-0.3, -0.25) is 4.79 Å². The van der Waals surface area contributed by atoms with Crippen LogP contribution in [0, 0.1) is 0 Å². The molecule has 1 fully saturated rings. The molecule has 1 N–H and O–H groups in total. The van der Waals surface area contributed by atoms with Gasteiger partial charge in [-0.2, -0.15) is 0 Å². The van der Waals surface area contributed by atoms with Gasteiger partial charge in [-0.15, -0.1) is 12.4 Å². The number of piperidine rings is 1. The predicted octanol–water partition coefficient (Wildman–Crippen LogP) is 1.28. The van der Waals surface area contributed by atoms with Crippen LogP contribution in [0.4, 0.5) is 0 Å². The molecule has 1 amide bonds. The number of sulfone groups is 1. The summed E-state index contributed by atoms with van der Waals surface area (Å²) in [5.41, 5.74) is 1.14. The van der Waals surface area contributed by atoms with Gasteiger partial charge >= 0.3 is 0 Å². The van der Waals surface area contributed by atoms with E-state index >= 15 is 0 Å². The largest absolute Gasteiger partial charge is 0.344 e. The summed E-state index contributed by atoms with van der Waals surface area (Å²) in [5, 5.41) is 3.13. The molecule has 0 spiro atoms. The van der Waals surface area contributed by atoms with Crippen molar-refractivity contribution >= 4 is 28.2 Å². The van der Waals surface area contributed by atoms with Gasteiger partial charge in [0.1, 0.15) is 0 Å². The summed E-state index contributed by atoms with van der Waals surface area (Å²) in [6.45, 7) is 1.64. The first-order valence-corrected chi connectivity index (χ1v) is 9.46. The smallest absolute Gasteiger partial charge is 0.243 e. The van der Waals surface area contributed by atoms with Gasteiger partial charge in [0.25, 0.3) is 0 Å². The Labute approximate surface area is 144 Å². The second-order valence-electron chi connectivity index (χ2n) is 5.98. The van der Waals surface area contributed by atoms with Crippen molar-refractivity contribution in [3.8, 4) is 0 Å². The quantitative estimate of drug-likeness (QED) is 0.858. The number of likely N-dealkylation sites (N-methyl/N-ethyl adjacent to an activating group) is 1. The number of hydrogen-bond acceptors (Lipinski definition) is 4. The molecule has 0 bridgehead atoms. The lowest BCUT2D eigenvalue weighted by Gasteiger charge is -2.37. The Morgan fingerprint density at radius 1 is 1.22 bits per heavy atom. The highest BCUT2D eigenvalue weighted by Gasteiger charge is 2.49. The fraction of sp³-hybridized carbons (Fsp3) is 0.562. The average molecular weight is 361 g/mol. The fourth-order valence-corrected chi connectivity index (χ4v) is 4.38. The van der Waals surface area contributed by atoms with E-state index in [0.717, 1.165) is 12.0 Å². The summed E-state index contributed by atoms with van der Waals surface area (Å²) < 4.78 is 23.2. The van der Waals surface area contributed by atoms with Crippen LogP contribution < -0.4 is 5.32 Å². The van der Waals surface area contributed by atoms with Crippen molar-refractivity contribution in [2.75, 3.05) is 32.9 Å². The Morgan fingerprint density at radius 3 is 2.30 bits per heavy atom. The van der Waals surface area contributed by atoms with Crippen LogP contribution in [0.5, 0.6) is 0 Å². The third-order valence-electron chi connectivity index (χ3n) is 4.44. The molecule has 0 aliphatic carbocycles. The number of amides is 1. The molecule has 130 valence electrons. The highest BCUT2D eigenvalue weighted by molar-refractivity contribution is 7.92. The lowest BCUT2D eigenvalue weighted by atomic mass is 9.95. The van der Waals surface area contributed by atoms with Gasteiger partial charge in [-0.1, -0.05) is 30.3 Å². The van der Waals surface area contributed by atoms with E-state index < -0.39 is 14.6 Å². The molecule has 5 nitrogen and oxygen atoms in total. The Kier molecular flexibility index (Phi) is 7.04. The lowest BCUT2D eigenvalue weighted by Crippen LogP contribution is -2.57. The van der Waals surface area contributed by atoms with E-state index in [9.17, 15) is 13.2 Å². The first kappa shape index (κ1) is 19.9. The molecule has 1 aliphatic heterocycles. The van der Waals surface area contributed by atoms with Gasteiger partial charge in [0.2, 0.25) is 5.91 Å². The Bertz CT molecular complexity index is 613. The standard InChI is InChI=1S/C16H24N2O3S.ClH/c1-18(13-8-14-6-4-3-5-7-14)15(19)16(22(2,20)21)9-11-17-12-10-16;/h3-7,17H,8-13H2,1-2H3;1H. The van der Waals surface area contributed by atoms with Crippen molar-refractivity contribution in [3.05, 3.63) is 35.9 Å². The predicted molar refractivity (Wildman–Crippen MR) is 94.7 cm³/mol. The summed E-state index contributed by atoms with van der Waals surface area (Å²) >= 11 is 0. The van der Waals surface area contributed by atoms with E-state index in [1.807, 2.05) is 30.3 Å². The average Bonchev–Trinajstić information content (AvgIpc) is 2.52. The van der Waals surface area contributed by atoms with Crippen LogP contribution in [0.25, 0.3) is 0 Å².